The van der Waals surface area contributed by atoms with E-state index in [2.05, 4.69) is 20.3 Å². The van der Waals surface area contributed by atoms with E-state index in [4.69, 9.17) is 4.74 Å². The van der Waals surface area contributed by atoms with Crippen molar-refractivity contribution in [3.8, 4) is 17.1 Å². The Morgan fingerprint density at radius 3 is 3.05 bits per heavy atom. The van der Waals surface area contributed by atoms with Gasteiger partial charge in [-0.15, -0.1) is 0 Å². The van der Waals surface area contributed by atoms with Gasteiger partial charge in [0.15, 0.2) is 11.4 Å². The second kappa shape index (κ2) is 4.23. The summed E-state index contributed by atoms with van der Waals surface area (Å²) in [5.41, 5.74) is 4.61. The number of hydrogen-bond acceptors (Lipinski definition) is 4. The van der Waals surface area contributed by atoms with E-state index in [1.807, 2.05) is 37.3 Å². The number of pyridine rings is 1. The lowest BCUT2D eigenvalue weighted by Gasteiger charge is -2.20. The maximum Gasteiger partial charge on any atom is 0.178 e. The van der Waals surface area contributed by atoms with Crippen molar-refractivity contribution in [1.29, 1.82) is 0 Å². The first-order valence-electron chi connectivity index (χ1n) is 6.65. The zero-order chi connectivity index (χ0) is 13.5. The lowest BCUT2D eigenvalue weighted by molar-refractivity contribution is 0.324. The van der Waals surface area contributed by atoms with Gasteiger partial charge in [-0.25, -0.2) is 9.97 Å². The Balaban J connectivity index is 1.90. The summed E-state index contributed by atoms with van der Waals surface area (Å²) in [5.74, 6) is 1.65. The van der Waals surface area contributed by atoms with Gasteiger partial charge in [0.1, 0.15) is 12.4 Å². The predicted molar refractivity (Wildman–Crippen MR) is 78.0 cm³/mol. The maximum absolute atomic E-state index is 5.79. The number of para-hydroxylation sites is 1. The molecule has 0 aliphatic carbocycles. The summed E-state index contributed by atoms with van der Waals surface area (Å²) in [5, 5.41) is 3.33. The number of H-pyrrole nitrogens is 1. The quantitative estimate of drug-likeness (QED) is 0.711. The molecule has 20 heavy (non-hydrogen) atoms. The molecule has 3 aromatic rings. The van der Waals surface area contributed by atoms with Crippen molar-refractivity contribution in [3.05, 3.63) is 36.0 Å². The first-order valence-corrected chi connectivity index (χ1v) is 6.65. The number of fused-ring (bicyclic) bond motifs is 2. The molecular formula is C15H14N4O. The van der Waals surface area contributed by atoms with E-state index in [0.29, 0.717) is 6.61 Å². The Bertz CT molecular complexity index is 794. The Kier molecular flexibility index (Phi) is 2.39. The van der Waals surface area contributed by atoms with E-state index in [1.165, 1.54) is 0 Å². The van der Waals surface area contributed by atoms with Crippen LogP contribution >= 0.6 is 0 Å². The molecule has 5 heteroatoms. The van der Waals surface area contributed by atoms with Crippen molar-refractivity contribution in [1.82, 2.24) is 15.0 Å². The van der Waals surface area contributed by atoms with E-state index in [1.54, 1.807) is 0 Å². The third kappa shape index (κ3) is 1.71. The molecule has 2 N–H and O–H groups in total. The van der Waals surface area contributed by atoms with Crippen molar-refractivity contribution in [2.75, 3.05) is 18.5 Å². The van der Waals surface area contributed by atoms with Crippen LogP contribution in [-0.4, -0.2) is 28.1 Å². The fourth-order valence-corrected chi connectivity index (χ4v) is 2.47. The SMILES string of the molecule is Cc1ccc2[nH]c(-c3cccc4c3OCCN4)nc2n1. The van der Waals surface area contributed by atoms with Gasteiger partial charge in [0.05, 0.1) is 16.8 Å². The Labute approximate surface area is 116 Å². The molecule has 2 aromatic heterocycles. The fraction of sp³-hybridized carbons (Fsp3) is 0.200. The number of nitrogens with zero attached hydrogens (tertiary/aromatic N) is 2. The number of ether oxygens (including phenoxy) is 1. The van der Waals surface area contributed by atoms with Crippen LogP contribution in [-0.2, 0) is 0 Å². The van der Waals surface area contributed by atoms with Gasteiger partial charge in [0.25, 0.3) is 0 Å². The number of imidazole rings is 1. The molecule has 1 aliphatic heterocycles. The molecule has 0 bridgehead atoms. The van der Waals surface area contributed by atoms with Gasteiger partial charge in [0.2, 0.25) is 0 Å². The van der Waals surface area contributed by atoms with Crippen molar-refractivity contribution in [2.24, 2.45) is 0 Å². The Morgan fingerprint density at radius 1 is 1.15 bits per heavy atom. The summed E-state index contributed by atoms with van der Waals surface area (Å²) in [4.78, 5) is 12.3. The molecule has 0 fully saturated rings. The highest BCUT2D eigenvalue weighted by molar-refractivity contribution is 5.81. The van der Waals surface area contributed by atoms with Crippen LogP contribution in [0.25, 0.3) is 22.6 Å². The minimum Gasteiger partial charge on any atom is -0.489 e. The van der Waals surface area contributed by atoms with Crippen molar-refractivity contribution < 1.29 is 4.74 Å². The summed E-state index contributed by atoms with van der Waals surface area (Å²) < 4.78 is 5.79. The van der Waals surface area contributed by atoms with E-state index in [0.717, 1.165) is 46.2 Å². The van der Waals surface area contributed by atoms with Gasteiger partial charge in [-0.3, -0.25) is 0 Å². The number of aromatic nitrogens is 3. The average Bonchev–Trinajstić information content (AvgIpc) is 2.89. The largest absolute Gasteiger partial charge is 0.489 e. The first-order chi connectivity index (χ1) is 9.81. The van der Waals surface area contributed by atoms with Gasteiger partial charge in [-0.1, -0.05) is 6.07 Å². The molecule has 0 radical (unpaired) electrons. The van der Waals surface area contributed by atoms with Crippen LogP contribution in [0.4, 0.5) is 5.69 Å². The summed E-state index contributed by atoms with van der Waals surface area (Å²) in [6.45, 7) is 3.46. The minimum atomic E-state index is 0.668. The average molecular weight is 266 g/mol. The van der Waals surface area contributed by atoms with Gasteiger partial charge < -0.3 is 15.0 Å². The number of anilines is 1. The van der Waals surface area contributed by atoms with Gasteiger partial charge in [0, 0.05) is 12.2 Å². The van der Waals surface area contributed by atoms with Crippen molar-refractivity contribution in [2.45, 2.75) is 6.92 Å². The third-order valence-electron chi connectivity index (χ3n) is 3.42. The van der Waals surface area contributed by atoms with Gasteiger partial charge in [-0.2, -0.15) is 0 Å². The highest BCUT2D eigenvalue weighted by Crippen LogP contribution is 2.37. The lowest BCUT2D eigenvalue weighted by atomic mass is 10.1. The number of rotatable bonds is 1. The number of hydrogen-bond donors (Lipinski definition) is 2. The number of aryl methyl sites for hydroxylation is 1. The van der Waals surface area contributed by atoms with Crippen LogP contribution in [0, 0.1) is 6.92 Å². The smallest absolute Gasteiger partial charge is 0.178 e. The molecule has 3 heterocycles. The zero-order valence-electron chi connectivity index (χ0n) is 11.1. The molecule has 0 atom stereocenters. The van der Waals surface area contributed by atoms with Gasteiger partial charge in [-0.05, 0) is 31.2 Å². The second-order valence-corrected chi connectivity index (χ2v) is 4.87. The number of nitrogens with one attached hydrogen (secondary N) is 2. The summed E-state index contributed by atoms with van der Waals surface area (Å²) in [6.07, 6.45) is 0. The topological polar surface area (TPSA) is 62.8 Å². The van der Waals surface area contributed by atoms with Crippen LogP contribution in [0.1, 0.15) is 5.69 Å². The van der Waals surface area contributed by atoms with Crippen LogP contribution in [0.3, 0.4) is 0 Å². The highest BCUT2D eigenvalue weighted by atomic mass is 16.5. The summed E-state index contributed by atoms with van der Waals surface area (Å²) >= 11 is 0. The first kappa shape index (κ1) is 11.3. The number of benzene rings is 1. The standard InChI is InChI=1S/C15H14N4O/c1-9-5-6-12-15(17-9)19-14(18-12)10-3-2-4-11-13(10)20-8-7-16-11/h2-6,16H,7-8H2,1H3,(H,17,18,19). The normalized spacial score (nSPS) is 13.7. The highest BCUT2D eigenvalue weighted by Gasteiger charge is 2.17. The van der Waals surface area contributed by atoms with Crippen LogP contribution in [0.15, 0.2) is 30.3 Å². The third-order valence-corrected chi connectivity index (χ3v) is 3.42. The van der Waals surface area contributed by atoms with E-state index in [-0.39, 0.29) is 0 Å². The predicted octanol–water partition coefficient (Wildman–Crippen LogP) is 2.74. The molecule has 0 amide bonds. The summed E-state index contributed by atoms with van der Waals surface area (Å²) in [6, 6.07) is 10.0. The number of aromatic amines is 1. The maximum atomic E-state index is 5.79. The lowest BCUT2D eigenvalue weighted by Crippen LogP contribution is -2.18. The van der Waals surface area contributed by atoms with Crippen molar-refractivity contribution >= 4 is 16.9 Å². The van der Waals surface area contributed by atoms with Gasteiger partial charge >= 0.3 is 0 Å². The van der Waals surface area contributed by atoms with E-state index < -0.39 is 0 Å². The molecular weight excluding hydrogens is 252 g/mol. The fourth-order valence-electron chi connectivity index (χ4n) is 2.47. The van der Waals surface area contributed by atoms with Crippen LogP contribution < -0.4 is 10.1 Å². The molecule has 0 saturated heterocycles. The molecule has 1 aliphatic rings. The molecule has 4 rings (SSSR count). The monoisotopic (exact) mass is 266 g/mol. The molecule has 0 spiro atoms. The van der Waals surface area contributed by atoms with Crippen molar-refractivity contribution in [3.63, 3.8) is 0 Å². The molecule has 0 saturated carbocycles. The second-order valence-electron chi connectivity index (χ2n) is 4.87. The van der Waals surface area contributed by atoms with E-state index in [9.17, 15) is 0 Å². The summed E-state index contributed by atoms with van der Waals surface area (Å²) in [7, 11) is 0. The molecule has 5 nitrogen and oxygen atoms in total. The Morgan fingerprint density at radius 2 is 2.10 bits per heavy atom. The molecule has 0 unspecified atom stereocenters. The zero-order valence-corrected chi connectivity index (χ0v) is 11.1. The van der Waals surface area contributed by atoms with Crippen LogP contribution in [0.2, 0.25) is 0 Å². The molecule has 100 valence electrons. The Hall–Kier alpha value is -2.56. The molecule has 1 aromatic carbocycles. The minimum absolute atomic E-state index is 0.668. The van der Waals surface area contributed by atoms with E-state index >= 15 is 0 Å². The van der Waals surface area contributed by atoms with Crippen LogP contribution in [0.5, 0.6) is 5.75 Å².